The molecule has 0 spiro atoms. The molecule has 160 valence electrons. The highest BCUT2D eigenvalue weighted by molar-refractivity contribution is 5.89. The van der Waals surface area contributed by atoms with E-state index in [0.29, 0.717) is 0 Å². The van der Waals surface area contributed by atoms with Crippen molar-refractivity contribution < 1.29 is 30.7 Å². The molecule has 3 aromatic heterocycles. The lowest BCUT2D eigenvalue weighted by Crippen LogP contribution is -2.16. The van der Waals surface area contributed by atoms with E-state index < -0.39 is 35.4 Å². The minimum absolute atomic E-state index is 0.117. The molecule has 0 unspecified atom stereocenters. The minimum Gasteiger partial charge on any atom is -0.242 e. The second-order valence-corrected chi connectivity index (χ2v) is 6.43. The SMILES string of the molecule is Fc1ccccc1Cn1nc(-c2nc(C(F)(F)F)cc(C(F)(F)F)n2)c2cccnc21. The average molecular weight is 441 g/mol. The van der Waals surface area contributed by atoms with E-state index in [4.69, 9.17) is 0 Å². The maximum atomic E-state index is 14.0. The zero-order chi connectivity index (χ0) is 22.4. The van der Waals surface area contributed by atoms with Gasteiger partial charge in [-0.2, -0.15) is 31.4 Å². The molecule has 0 saturated carbocycles. The van der Waals surface area contributed by atoms with E-state index in [2.05, 4.69) is 20.1 Å². The van der Waals surface area contributed by atoms with Crippen LogP contribution in [0.4, 0.5) is 30.7 Å². The average Bonchev–Trinajstić information content (AvgIpc) is 3.07. The van der Waals surface area contributed by atoms with Crippen molar-refractivity contribution in [3.63, 3.8) is 0 Å². The van der Waals surface area contributed by atoms with Crippen LogP contribution in [0.1, 0.15) is 17.0 Å². The summed E-state index contributed by atoms with van der Waals surface area (Å²) in [7, 11) is 0. The van der Waals surface area contributed by atoms with Gasteiger partial charge in [-0.05, 0) is 24.3 Å². The summed E-state index contributed by atoms with van der Waals surface area (Å²) < 4.78 is 94.2. The second kappa shape index (κ2) is 7.29. The van der Waals surface area contributed by atoms with Crippen LogP contribution in [0.25, 0.3) is 22.6 Å². The Kier molecular flexibility index (Phi) is 4.86. The predicted molar refractivity (Wildman–Crippen MR) is 94.1 cm³/mol. The molecule has 0 amide bonds. The van der Waals surface area contributed by atoms with Crippen LogP contribution in [-0.4, -0.2) is 24.7 Å². The van der Waals surface area contributed by atoms with Crippen LogP contribution >= 0.6 is 0 Å². The molecule has 4 rings (SSSR count). The van der Waals surface area contributed by atoms with Crippen molar-refractivity contribution in [1.82, 2.24) is 24.7 Å². The summed E-state index contributed by atoms with van der Waals surface area (Å²) in [4.78, 5) is 10.6. The van der Waals surface area contributed by atoms with Gasteiger partial charge in [0, 0.05) is 11.8 Å². The Morgan fingerprint density at radius 3 is 2.10 bits per heavy atom. The zero-order valence-electron chi connectivity index (χ0n) is 15.2. The van der Waals surface area contributed by atoms with Crippen LogP contribution < -0.4 is 0 Å². The van der Waals surface area contributed by atoms with Gasteiger partial charge in [0.2, 0.25) is 0 Å². The summed E-state index contributed by atoms with van der Waals surface area (Å²) in [5.41, 5.74) is -3.53. The molecule has 0 radical (unpaired) electrons. The third-order valence-electron chi connectivity index (χ3n) is 4.30. The van der Waals surface area contributed by atoms with E-state index >= 15 is 0 Å². The fourth-order valence-electron chi connectivity index (χ4n) is 2.92. The van der Waals surface area contributed by atoms with Gasteiger partial charge in [-0.1, -0.05) is 18.2 Å². The number of rotatable bonds is 3. The van der Waals surface area contributed by atoms with Gasteiger partial charge < -0.3 is 0 Å². The first-order chi connectivity index (χ1) is 14.5. The highest BCUT2D eigenvalue weighted by atomic mass is 19.4. The third kappa shape index (κ3) is 4.05. The maximum Gasteiger partial charge on any atom is 0.433 e. The van der Waals surface area contributed by atoms with Crippen molar-refractivity contribution in [2.45, 2.75) is 18.9 Å². The lowest BCUT2D eigenvalue weighted by Gasteiger charge is -2.11. The van der Waals surface area contributed by atoms with Crippen molar-refractivity contribution in [3.8, 4) is 11.5 Å². The standard InChI is InChI=1S/C19H10F7N5/c20-12-6-2-1-4-10(12)9-31-17-11(5-3-7-27-17)15(30-31)16-28-13(18(21,22)23)8-14(29-16)19(24,25)26/h1-8H,9H2. The fraction of sp³-hybridized carbons (Fsp3) is 0.158. The van der Waals surface area contributed by atoms with Gasteiger partial charge in [0.1, 0.15) is 22.9 Å². The minimum atomic E-state index is -5.14. The van der Waals surface area contributed by atoms with E-state index in [0.717, 1.165) is 0 Å². The fourth-order valence-corrected chi connectivity index (χ4v) is 2.92. The molecule has 0 aliphatic rings. The highest BCUT2D eigenvalue weighted by Crippen LogP contribution is 2.35. The van der Waals surface area contributed by atoms with Crippen LogP contribution in [0.15, 0.2) is 48.7 Å². The number of benzene rings is 1. The molecule has 31 heavy (non-hydrogen) atoms. The Morgan fingerprint density at radius 1 is 0.839 bits per heavy atom. The van der Waals surface area contributed by atoms with E-state index in [9.17, 15) is 30.7 Å². The lowest BCUT2D eigenvalue weighted by molar-refractivity contribution is -0.147. The van der Waals surface area contributed by atoms with Crippen LogP contribution in [0.5, 0.6) is 0 Å². The highest BCUT2D eigenvalue weighted by Gasteiger charge is 2.40. The van der Waals surface area contributed by atoms with Crippen LogP contribution in [0.2, 0.25) is 0 Å². The topological polar surface area (TPSA) is 56.5 Å². The van der Waals surface area contributed by atoms with Gasteiger partial charge in [0.05, 0.1) is 11.9 Å². The number of pyridine rings is 1. The Hall–Kier alpha value is -3.57. The predicted octanol–water partition coefficient (Wildman–Crippen LogP) is 5.11. The molecule has 0 N–H and O–H groups in total. The second-order valence-electron chi connectivity index (χ2n) is 6.43. The number of alkyl halides is 6. The third-order valence-corrected chi connectivity index (χ3v) is 4.30. The van der Waals surface area contributed by atoms with E-state index in [1.807, 2.05) is 0 Å². The molecule has 0 atom stereocenters. The van der Waals surface area contributed by atoms with Gasteiger partial charge in [-0.25, -0.2) is 24.0 Å². The molecule has 4 aromatic rings. The number of hydrogen-bond donors (Lipinski definition) is 0. The number of aromatic nitrogens is 5. The van der Waals surface area contributed by atoms with Crippen molar-refractivity contribution in [3.05, 3.63) is 71.4 Å². The van der Waals surface area contributed by atoms with Crippen LogP contribution in [-0.2, 0) is 18.9 Å². The number of halogens is 7. The first kappa shape index (κ1) is 20.7. The van der Waals surface area contributed by atoms with E-state index in [-0.39, 0.29) is 34.9 Å². The van der Waals surface area contributed by atoms with Gasteiger partial charge in [0.25, 0.3) is 0 Å². The molecule has 0 aliphatic carbocycles. The number of nitrogens with zero attached hydrogens (tertiary/aromatic N) is 5. The van der Waals surface area contributed by atoms with Crippen molar-refractivity contribution >= 4 is 11.0 Å². The lowest BCUT2D eigenvalue weighted by atomic mass is 10.2. The van der Waals surface area contributed by atoms with Crippen LogP contribution in [0, 0.1) is 5.82 Å². The summed E-state index contributed by atoms with van der Waals surface area (Å²) in [6.45, 7) is -0.161. The van der Waals surface area contributed by atoms with Crippen molar-refractivity contribution in [2.24, 2.45) is 0 Å². The largest absolute Gasteiger partial charge is 0.433 e. The van der Waals surface area contributed by atoms with Crippen molar-refractivity contribution in [1.29, 1.82) is 0 Å². The first-order valence-electron chi connectivity index (χ1n) is 8.63. The molecule has 3 heterocycles. The summed E-state index contributed by atoms with van der Waals surface area (Å²) >= 11 is 0. The monoisotopic (exact) mass is 441 g/mol. The zero-order valence-corrected chi connectivity index (χ0v) is 15.2. The molecular weight excluding hydrogens is 431 g/mol. The van der Waals surface area contributed by atoms with Crippen LogP contribution in [0.3, 0.4) is 0 Å². The summed E-state index contributed by atoms with van der Waals surface area (Å²) in [5.74, 6) is -1.43. The van der Waals surface area contributed by atoms with E-state index in [1.165, 1.54) is 41.2 Å². The Morgan fingerprint density at radius 2 is 1.48 bits per heavy atom. The van der Waals surface area contributed by atoms with E-state index in [1.54, 1.807) is 6.07 Å². The summed E-state index contributed by atoms with van der Waals surface area (Å²) in [6.07, 6.45) is -8.91. The quantitative estimate of drug-likeness (QED) is 0.415. The van der Waals surface area contributed by atoms with Crippen molar-refractivity contribution in [2.75, 3.05) is 0 Å². The normalized spacial score (nSPS) is 12.5. The number of fused-ring (bicyclic) bond motifs is 1. The number of hydrogen-bond acceptors (Lipinski definition) is 4. The molecule has 5 nitrogen and oxygen atoms in total. The Bertz CT molecular complexity index is 1230. The smallest absolute Gasteiger partial charge is 0.242 e. The Labute approximate surface area is 169 Å². The molecule has 0 saturated heterocycles. The molecule has 12 heteroatoms. The summed E-state index contributed by atoms with van der Waals surface area (Å²) in [6, 6.07) is 8.39. The molecule has 0 aliphatic heterocycles. The van der Waals surface area contributed by atoms with Gasteiger partial charge >= 0.3 is 12.4 Å². The molecule has 0 fully saturated rings. The van der Waals surface area contributed by atoms with Gasteiger partial charge in [-0.3, -0.25) is 0 Å². The summed E-state index contributed by atoms with van der Waals surface area (Å²) in [5, 5.41) is 4.19. The van der Waals surface area contributed by atoms with Gasteiger partial charge in [0.15, 0.2) is 11.5 Å². The maximum absolute atomic E-state index is 14.0. The molecule has 0 bridgehead atoms. The first-order valence-corrected chi connectivity index (χ1v) is 8.63. The van der Waals surface area contributed by atoms with Gasteiger partial charge in [-0.15, -0.1) is 0 Å². The molecule has 1 aromatic carbocycles. The molecular formula is C19H10F7N5. The Balaban J connectivity index is 1.92.